The summed E-state index contributed by atoms with van der Waals surface area (Å²) in [4.78, 5) is 12.4. The highest BCUT2D eigenvalue weighted by Gasteiger charge is 2.31. The fourth-order valence-electron chi connectivity index (χ4n) is 4.01. The summed E-state index contributed by atoms with van der Waals surface area (Å²) in [7, 11) is 3.05. The summed E-state index contributed by atoms with van der Waals surface area (Å²) in [6.07, 6.45) is 1.63. The number of nitrogens with two attached hydrogens (primary N) is 1. The number of nitrogens with zero attached hydrogens (tertiary/aromatic N) is 1. The first-order chi connectivity index (χ1) is 18.5. The maximum absolute atomic E-state index is 12.4. The quantitative estimate of drug-likeness (QED) is 0.237. The number of para-hydroxylation sites is 2. The van der Waals surface area contributed by atoms with Gasteiger partial charge in [0.25, 0.3) is 0 Å². The monoisotopic (exact) mass is 514 g/mol. The van der Waals surface area contributed by atoms with Gasteiger partial charge in [0, 0.05) is 11.6 Å². The van der Waals surface area contributed by atoms with E-state index in [9.17, 15) is 10.1 Å². The molecule has 0 spiro atoms. The van der Waals surface area contributed by atoms with Crippen molar-refractivity contribution in [2.45, 2.75) is 5.92 Å². The van der Waals surface area contributed by atoms with Crippen molar-refractivity contribution in [2.24, 2.45) is 5.73 Å². The molecule has 3 aromatic carbocycles. The molecule has 3 aromatic rings. The minimum absolute atomic E-state index is 0.0427. The van der Waals surface area contributed by atoms with Gasteiger partial charge in [0.15, 0.2) is 29.6 Å². The fraction of sp³-hybridized carbons (Fsp3) is 0.172. The van der Waals surface area contributed by atoms with Gasteiger partial charge in [-0.2, -0.15) is 5.26 Å². The van der Waals surface area contributed by atoms with Gasteiger partial charge in [-0.25, -0.2) is 4.79 Å². The molecule has 194 valence electrons. The molecule has 0 bridgehead atoms. The molecule has 0 radical (unpaired) electrons. The first-order valence-corrected chi connectivity index (χ1v) is 11.6. The summed E-state index contributed by atoms with van der Waals surface area (Å²) in [5, 5.41) is 9.85. The number of hydrogen-bond donors (Lipinski definition) is 1. The number of hydrogen-bond acceptors (Lipinski definition) is 9. The Morgan fingerprint density at radius 1 is 1.03 bits per heavy atom. The lowest BCUT2D eigenvalue weighted by Gasteiger charge is -2.27. The lowest BCUT2D eigenvalue weighted by molar-refractivity contribution is -0.136. The van der Waals surface area contributed by atoms with Crippen molar-refractivity contribution in [3.05, 3.63) is 95.9 Å². The Bertz CT molecular complexity index is 1420. The van der Waals surface area contributed by atoms with E-state index in [0.717, 1.165) is 5.56 Å². The van der Waals surface area contributed by atoms with E-state index in [0.29, 0.717) is 40.9 Å². The van der Waals surface area contributed by atoms with Crippen LogP contribution in [0.1, 0.15) is 17.0 Å². The van der Waals surface area contributed by atoms with Gasteiger partial charge in [-0.3, -0.25) is 0 Å². The number of carbonyl (C=O) groups excluding carboxylic acids is 1. The molecule has 0 saturated heterocycles. The topological polar surface area (TPSA) is 122 Å². The molecule has 1 unspecified atom stereocenters. The van der Waals surface area contributed by atoms with Crippen LogP contribution >= 0.6 is 0 Å². The van der Waals surface area contributed by atoms with E-state index in [4.69, 9.17) is 34.2 Å². The SMILES string of the molecule is C=CCOc1ccc(C2C(C#N)=C(N)Oc3cc(OC(=O)COc4ccccc4OC)ccc32)cc1OC. The summed E-state index contributed by atoms with van der Waals surface area (Å²) in [5.74, 6) is 1.34. The third-order valence-corrected chi connectivity index (χ3v) is 5.71. The van der Waals surface area contributed by atoms with E-state index in [-0.39, 0.29) is 23.8 Å². The van der Waals surface area contributed by atoms with Crippen LogP contribution in [0.4, 0.5) is 0 Å². The summed E-state index contributed by atoms with van der Waals surface area (Å²) in [5.41, 5.74) is 7.77. The maximum Gasteiger partial charge on any atom is 0.349 e. The van der Waals surface area contributed by atoms with Crippen molar-refractivity contribution in [3.8, 4) is 40.6 Å². The Morgan fingerprint density at radius 2 is 1.76 bits per heavy atom. The second kappa shape index (κ2) is 11.8. The standard InChI is InChI=1S/C29H26N2O7/c1-4-13-35-24-12-9-18(14-26(24)34-3)28-20-11-10-19(15-25(20)38-29(31)21(28)16-30)37-27(32)17-36-23-8-6-5-7-22(23)33-2/h4-12,14-15,28H,1,13,17,31H2,2-3H3. The van der Waals surface area contributed by atoms with Gasteiger partial charge >= 0.3 is 5.97 Å². The van der Waals surface area contributed by atoms with E-state index in [1.807, 2.05) is 6.07 Å². The molecule has 0 saturated carbocycles. The largest absolute Gasteiger partial charge is 0.493 e. The van der Waals surface area contributed by atoms with Gasteiger partial charge in [0.2, 0.25) is 5.88 Å². The van der Waals surface area contributed by atoms with Gasteiger partial charge in [-0.15, -0.1) is 0 Å². The van der Waals surface area contributed by atoms with Crippen LogP contribution in [0.3, 0.4) is 0 Å². The molecule has 0 aliphatic carbocycles. The highest BCUT2D eigenvalue weighted by Crippen LogP contribution is 2.45. The third-order valence-electron chi connectivity index (χ3n) is 5.71. The zero-order valence-electron chi connectivity index (χ0n) is 20.9. The van der Waals surface area contributed by atoms with Crippen LogP contribution in [-0.4, -0.2) is 33.4 Å². The Hall–Kier alpha value is -5.10. The number of esters is 1. The Labute approximate surface area is 220 Å². The molecule has 38 heavy (non-hydrogen) atoms. The number of methoxy groups -OCH3 is 2. The molecule has 9 heteroatoms. The molecule has 4 rings (SSSR count). The van der Waals surface area contributed by atoms with Crippen molar-refractivity contribution in [1.29, 1.82) is 5.26 Å². The van der Waals surface area contributed by atoms with Gasteiger partial charge in [0.1, 0.15) is 29.7 Å². The van der Waals surface area contributed by atoms with Crippen molar-refractivity contribution in [2.75, 3.05) is 27.4 Å². The van der Waals surface area contributed by atoms with Gasteiger partial charge in [-0.1, -0.05) is 36.9 Å². The number of allylic oxidation sites excluding steroid dienone is 1. The smallest absolute Gasteiger partial charge is 0.349 e. The normalized spacial score (nSPS) is 13.9. The van der Waals surface area contributed by atoms with Crippen LogP contribution in [0.25, 0.3) is 0 Å². The highest BCUT2D eigenvalue weighted by atomic mass is 16.6. The average molecular weight is 515 g/mol. The van der Waals surface area contributed by atoms with Crippen LogP contribution in [0.5, 0.6) is 34.5 Å². The minimum Gasteiger partial charge on any atom is -0.493 e. The Morgan fingerprint density at radius 3 is 2.47 bits per heavy atom. The maximum atomic E-state index is 12.4. The zero-order chi connectivity index (χ0) is 27.1. The van der Waals surface area contributed by atoms with Crippen molar-refractivity contribution < 1.29 is 33.2 Å². The number of nitriles is 1. The summed E-state index contributed by atoms with van der Waals surface area (Å²) in [6.45, 7) is 3.64. The van der Waals surface area contributed by atoms with E-state index in [1.165, 1.54) is 14.2 Å². The molecule has 1 aliphatic rings. The summed E-state index contributed by atoms with van der Waals surface area (Å²) >= 11 is 0. The fourth-order valence-corrected chi connectivity index (χ4v) is 4.01. The molecule has 2 N–H and O–H groups in total. The van der Waals surface area contributed by atoms with Gasteiger partial charge in [0.05, 0.1) is 20.1 Å². The number of carbonyl (C=O) groups is 1. The number of benzene rings is 3. The van der Waals surface area contributed by atoms with E-state index in [2.05, 4.69) is 12.6 Å². The van der Waals surface area contributed by atoms with Gasteiger partial charge in [-0.05, 0) is 35.9 Å². The first kappa shape index (κ1) is 26.0. The lowest BCUT2D eigenvalue weighted by atomic mass is 9.83. The molecular formula is C29H26N2O7. The lowest BCUT2D eigenvalue weighted by Crippen LogP contribution is -2.22. The van der Waals surface area contributed by atoms with Crippen molar-refractivity contribution in [1.82, 2.24) is 0 Å². The van der Waals surface area contributed by atoms with Crippen LogP contribution in [0, 0.1) is 11.3 Å². The molecular weight excluding hydrogens is 488 g/mol. The number of ether oxygens (including phenoxy) is 6. The molecule has 0 aromatic heterocycles. The molecule has 1 atom stereocenters. The average Bonchev–Trinajstić information content (AvgIpc) is 2.94. The summed E-state index contributed by atoms with van der Waals surface area (Å²) in [6, 6.07) is 19.4. The highest BCUT2D eigenvalue weighted by molar-refractivity contribution is 5.74. The second-order valence-electron chi connectivity index (χ2n) is 8.05. The Kier molecular flexibility index (Phi) is 8.04. The van der Waals surface area contributed by atoms with Crippen LogP contribution < -0.4 is 34.2 Å². The summed E-state index contributed by atoms with van der Waals surface area (Å²) < 4.78 is 33.1. The molecule has 9 nitrogen and oxygen atoms in total. The van der Waals surface area contributed by atoms with Crippen molar-refractivity contribution in [3.63, 3.8) is 0 Å². The number of fused-ring (bicyclic) bond motifs is 1. The van der Waals surface area contributed by atoms with E-state index < -0.39 is 11.9 Å². The first-order valence-electron chi connectivity index (χ1n) is 11.6. The number of rotatable bonds is 10. The van der Waals surface area contributed by atoms with Crippen LogP contribution in [0.2, 0.25) is 0 Å². The van der Waals surface area contributed by atoms with E-state index >= 15 is 0 Å². The predicted molar refractivity (Wildman–Crippen MR) is 139 cm³/mol. The molecule has 0 amide bonds. The second-order valence-corrected chi connectivity index (χ2v) is 8.05. The van der Waals surface area contributed by atoms with E-state index in [1.54, 1.807) is 60.7 Å². The van der Waals surface area contributed by atoms with Crippen LogP contribution in [-0.2, 0) is 4.79 Å². The van der Waals surface area contributed by atoms with Gasteiger partial charge < -0.3 is 34.2 Å². The molecule has 1 heterocycles. The zero-order valence-corrected chi connectivity index (χ0v) is 20.9. The Balaban J connectivity index is 1.57. The molecule has 0 fully saturated rings. The molecule has 1 aliphatic heterocycles. The van der Waals surface area contributed by atoms with Crippen molar-refractivity contribution >= 4 is 5.97 Å². The van der Waals surface area contributed by atoms with Crippen LogP contribution in [0.15, 0.2) is 84.8 Å². The predicted octanol–water partition coefficient (Wildman–Crippen LogP) is 4.47. The third kappa shape index (κ3) is 5.50. The minimum atomic E-state index is -0.621.